The van der Waals surface area contributed by atoms with Gasteiger partial charge in [0.05, 0.1) is 19.8 Å². The molecule has 0 spiro atoms. The Bertz CT molecular complexity index is 1770. The number of hydrogen-bond donors (Lipinski definition) is 2. The Labute approximate surface area is 475 Å². The molecule has 3 unspecified atom stereocenters. The number of hydrogen-bond acceptors (Lipinski definition) is 10. The molecule has 0 aromatic carbocycles. The van der Waals surface area contributed by atoms with Crippen LogP contribution in [0.15, 0.2) is 122 Å². The van der Waals surface area contributed by atoms with E-state index in [-0.39, 0.29) is 25.9 Å². The summed E-state index contributed by atoms with van der Waals surface area (Å²) in [5.41, 5.74) is 0. The molecule has 0 amide bonds. The Morgan fingerprint density at radius 2 is 0.679 bits per heavy atom. The van der Waals surface area contributed by atoms with Crippen molar-refractivity contribution in [2.45, 2.75) is 251 Å². The largest absolute Gasteiger partial charge is 0.472 e. The molecule has 12 heteroatoms. The summed E-state index contributed by atoms with van der Waals surface area (Å²) in [6.07, 6.45) is 73.0. The Morgan fingerprint density at radius 1 is 0.372 bits per heavy atom. The molecule has 0 aliphatic rings. The fraction of sp³-hybridized carbons (Fsp3) is 0.652. The first-order valence-electron chi connectivity index (χ1n) is 30.4. The number of aliphatic hydroxyl groups excluding tert-OH is 1. The Balaban J connectivity index is 4.82. The van der Waals surface area contributed by atoms with Crippen molar-refractivity contribution in [3.8, 4) is 0 Å². The number of rotatable bonds is 55. The average molecular weight is 1110 g/mol. The van der Waals surface area contributed by atoms with Crippen molar-refractivity contribution in [1.29, 1.82) is 0 Å². The van der Waals surface area contributed by atoms with Crippen molar-refractivity contribution in [1.82, 2.24) is 0 Å². The fourth-order valence-electron chi connectivity index (χ4n) is 7.79. The van der Waals surface area contributed by atoms with Crippen LogP contribution >= 0.6 is 7.82 Å². The molecule has 2 N–H and O–H groups in total. The summed E-state index contributed by atoms with van der Waals surface area (Å²) in [5.74, 6) is -1.57. The lowest BCUT2D eigenvalue weighted by Crippen LogP contribution is -2.30. The summed E-state index contributed by atoms with van der Waals surface area (Å²) in [7, 11) is -4.78. The predicted molar refractivity (Wildman–Crippen MR) is 325 cm³/mol. The van der Waals surface area contributed by atoms with Gasteiger partial charge in [-0.15, -0.1) is 0 Å². The number of ether oxygens (including phenoxy) is 3. The molecule has 0 rings (SSSR count). The molecule has 0 aromatic heterocycles. The van der Waals surface area contributed by atoms with E-state index < -0.39 is 57.8 Å². The van der Waals surface area contributed by atoms with E-state index in [1.807, 2.05) is 12.2 Å². The lowest BCUT2D eigenvalue weighted by Gasteiger charge is -2.21. The molecule has 0 aliphatic heterocycles. The van der Waals surface area contributed by atoms with Crippen LogP contribution in [-0.4, -0.2) is 66.5 Å². The second-order valence-corrected chi connectivity index (χ2v) is 21.2. The maximum atomic E-state index is 12.9. The standard InChI is InChI=1S/C66H109O11P/c1-4-7-10-13-16-19-22-25-28-30-31-33-35-37-40-43-46-49-52-55-64(68)73-59-63(77-66(70)57-54-51-48-45-42-39-36-32-29-26-23-20-17-14-11-8-5-2)61-75-78(71,72)74-60-62(58-67)76-65(69)56-53-50-47-44-41-38-34-27-24-21-18-15-12-9-6-3/h8-9,11-12,16-21,25-29,34,36,39,45,48,62-63,67H,4-7,10,13-15,22-24,30-33,35,37-38,40-44,46-47,49-61H2,1-3H3,(H,71,72)/b11-8-,12-9-,19-16-,20-17-,21-18-,28-25-,29-26-,34-27-,39-36-,48-45-. The molecule has 3 atom stereocenters. The maximum absolute atomic E-state index is 12.9. The van der Waals surface area contributed by atoms with Gasteiger partial charge in [0.1, 0.15) is 12.7 Å². The molecule has 0 aliphatic carbocycles. The van der Waals surface area contributed by atoms with Crippen LogP contribution < -0.4 is 0 Å². The number of aliphatic hydroxyl groups is 1. The molecule has 0 saturated carbocycles. The number of carbonyl (C=O) groups excluding carboxylic acids is 3. The van der Waals surface area contributed by atoms with Gasteiger partial charge in [0.2, 0.25) is 0 Å². The smallest absolute Gasteiger partial charge is 0.462 e. The lowest BCUT2D eigenvalue weighted by molar-refractivity contribution is -0.161. The van der Waals surface area contributed by atoms with Gasteiger partial charge < -0.3 is 24.2 Å². The highest BCUT2D eigenvalue weighted by Gasteiger charge is 2.28. The van der Waals surface area contributed by atoms with Crippen LogP contribution in [0, 0.1) is 0 Å². The highest BCUT2D eigenvalue weighted by molar-refractivity contribution is 7.47. The molecule has 0 bridgehead atoms. The van der Waals surface area contributed by atoms with Crippen molar-refractivity contribution in [3.63, 3.8) is 0 Å². The second-order valence-electron chi connectivity index (χ2n) is 19.7. The van der Waals surface area contributed by atoms with E-state index in [2.05, 4.69) is 130 Å². The van der Waals surface area contributed by atoms with Crippen LogP contribution in [0.5, 0.6) is 0 Å². The first kappa shape index (κ1) is 73.9. The molecular weight excluding hydrogens is 1000 g/mol. The van der Waals surface area contributed by atoms with Crippen LogP contribution in [0.25, 0.3) is 0 Å². The van der Waals surface area contributed by atoms with Gasteiger partial charge in [-0.3, -0.25) is 23.4 Å². The van der Waals surface area contributed by atoms with E-state index in [0.717, 1.165) is 116 Å². The van der Waals surface area contributed by atoms with Gasteiger partial charge in [0.25, 0.3) is 0 Å². The van der Waals surface area contributed by atoms with E-state index in [9.17, 15) is 28.9 Å². The second kappa shape index (κ2) is 59.0. The van der Waals surface area contributed by atoms with Crippen LogP contribution in [-0.2, 0) is 42.2 Å². The van der Waals surface area contributed by atoms with Gasteiger partial charge in [0.15, 0.2) is 6.10 Å². The third kappa shape index (κ3) is 56.6. The molecular formula is C66H109O11P. The first-order chi connectivity index (χ1) is 38.2. The monoisotopic (exact) mass is 1110 g/mol. The van der Waals surface area contributed by atoms with Gasteiger partial charge >= 0.3 is 25.7 Å². The molecule has 0 aromatic rings. The highest BCUT2D eigenvalue weighted by Crippen LogP contribution is 2.43. The van der Waals surface area contributed by atoms with E-state index in [1.54, 1.807) is 0 Å². The zero-order valence-corrected chi connectivity index (χ0v) is 50.0. The molecule has 0 saturated heterocycles. The molecule has 444 valence electrons. The quantitative estimate of drug-likeness (QED) is 0.0197. The number of unbranched alkanes of at least 4 members (excludes halogenated alkanes) is 18. The van der Waals surface area contributed by atoms with E-state index in [4.69, 9.17) is 23.3 Å². The summed E-state index contributed by atoms with van der Waals surface area (Å²) in [4.78, 5) is 48.6. The van der Waals surface area contributed by atoms with Gasteiger partial charge in [-0.05, 0) is 122 Å². The van der Waals surface area contributed by atoms with Crippen molar-refractivity contribution >= 4 is 25.7 Å². The molecule has 0 heterocycles. The van der Waals surface area contributed by atoms with Gasteiger partial charge in [0, 0.05) is 19.3 Å². The van der Waals surface area contributed by atoms with Gasteiger partial charge in [-0.25, -0.2) is 4.57 Å². The topological polar surface area (TPSA) is 155 Å². The zero-order valence-electron chi connectivity index (χ0n) is 49.1. The summed E-state index contributed by atoms with van der Waals surface area (Å²) < 4.78 is 39.5. The van der Waals surface area contributed by atoms with Gasteiger partial charge in [-0.1, -0.05) is 219 Å². The summed E-state index contributed by atoms with van der Waals surface area (Å²) in [6, 6.07) is 0. The van der Waals surface area contributed by atoms with E-state index in [1.165, 1.54) is 57.8 Å². The van der Waals surface area contributed by atoms with E-state index >= 15 is 0 Å². The van der Waals surface area contributed by atoms with Crippen molar-refractivity contribution in [2.75, 3.05) is 26.4 Å². The minimum atomic E-state index is -4.78. The van der Waals surface area contributed by atoms with Crippen LogP contribution in [0.3, 0.4) is 0 Å². The van der Waals surface area contributed by atoms with Crippen molar-refractivity contribution in [3.05, 3.63) is 122 Å². The first-order valence-corrected chi connectivity index (χ1v) is 31.9. The number of phosphoric acid groups is 1. The lowest BCUT2D eigenvalue weighted by atomic mass is 10.1. The molecule has 78 heavy (non-hydrogen) atoms. The zero-order chi connectivity index (χ0) is 56.9. The van der Waals surface area contributed by atoms with Gasteiger partial charge in [-0.2, -0.15) is 0 Å². The number of esters is 3. The minimum absolute atomic E-state index is 0.0814. The summed E-state index contributed by atoms with van der Waals surface area (Å²) in [6.45, 7) is 4.31. The average Bonchev–Trinajstić information content (AvgIpc) is 3.43. The normalized spacial score (nSPS) is 14.2. The Morgan fingerprint density at radius 3 is 1.08 bits per heavy atom. The van der Waals surface area contributed by atoms with Crippen LogP contribution in [0.1, 0.15) is 239 Å². The number of phosphoric ester groups is 1. The third-order valence-electron chi connectivity index (χ3n) is 12.3. The maximum Gasteiger partial charge on any atom is 0.472 e. The third-order valence-corrected chi connectivity index (χ3v) is 13.3. The molecule has 0 fully saturated rings. The van der Waals surface area contributed by atoms with Crippen LogP contribution in [0.4, 0.5) is 0 Å². The summed E-state index contributed by atoms with van der Waals surface area (Å²) >= 11 is 0. The number of carbonyl (C=O) groups is 3. The fourth-order valence-corrected chi connectivity index (χ4v) is 8.57. The minimum Gasteiger partial charge on any atom is -0.462 e. The molecule has 11 nitrogen and oxygen atoms in total. The predicted octanol–water partition coefficient (Wildman–Crippen LogP) is 18.4. The summed E-state index contributed by atoms with van der Waals surface area (Å²) in [5, 5.41) is 9.83. The Kier molecular flexibility index (Phi) is 55.9. The van der Waals surface area contributed by atoms with Crippen molar-refractivity contribution in [2.24, 2.45) is 0 Å². The van der Waals surface area contributed by atoms with E-state index in [0.29, 0.717) is 25.7 Å². The number of allylic oxidation sites excluding steroid dienone is 20. The van der Waals surface area contributed by atoms with Crippen LogP contribution in [0.2, 0.25) is 0 Å². The SMILES string of the molecule is CC/C=C\C/C=C\C/C=C\C/C=C\C/C=C\CCCC(=O)OC(COC(=O)CCCCCCCCCCC/C=C\C/C=C\CCCCC)COP(=O)(O)OCC(CO)OC(=O)CCCCCCC/C=C\C/C=C\C/C=C\CC. The van der Waals surface area contributed by atoms with Crippen molar-refractivity contribution < 1.29 is 52.2 Å². The highest BCUT2D eigenvalue weighted by atomic mass is 31.2. The Hall–Kier alpha value is -4.12. The molecule has 0 radical (unpaired) electrons.